The van der Waals surface area contributed by atoms with Crippen molar-refractivity contribution in [2.24, 2.45) is 0 Å². The maximum atomic E-state index is 10.5. The van der Waals surface area contributed by atoms with Gasteiger partial charge in [0.25, 0.3) is 0 Å². The molecule has 0 aromatic heterocycles. The lowest BCUT2D eigenvalue weighted by molar-refractivity contribution is -0.136. The van der Waals surface area contributed by atoms with Crippen LogP contribution in [0.15, 0.2) is 28.7 Å². The Labute approximate surface area is 106 Å². The van der Waals surface area contributed by atoms with Crippen molar-refractivity contribution >= 4 is 37.8 Å². The summed E-state index contributed by atoms with van der Waals surface area (Å²) in [7, 11) is 0. The quantitative estimate of drug-likeness (QED) is 0.834. The maximum absolute atomic E-state index is 10.5. The summed E-state index contributed by atoms with van der Waals surface area (Å²) in [5.74, 6) is -0.788. The molecule has 15 heavy (non-hydrogen) atoms. The van der Waals surface area contributed by atoms with Crippen molar-refractivity contribution in [1.82, 2.24) is 0 Å². The van der Waals surface area contributed by atoms with E-state index < -0.39 is 10.8 Å². The predicted octanol–water partition coefficient (Wildman–Crippen LogP) is 3.62. The molecule has 0 radical (unpaired) electrons. The van der Waals surface area contributed by atoms with Gasteiger partial charge in [-0.3, -0.25) is 4.79 Å². The van der Waals surface area contributed by atoms with Crippen molar-refractivity contribution < 1.29 is 9.90 Å². The van der Waals surface area contributed by atoms with E-state index in [0.29, 0.717) is 6.42 Å². The van der Waals surface area contributed by atoms with E-state index in [4.69, 9.17) is 5.11 Å². The van der Waals surface area contributed by atoms with Crippen molar-refractivity contribution in [3.8, 4) is 0 Å². The van der Waals surface area contributed by atoms with Crippen LogP contribution in [0.3, 0.4) is 0 Å². The van der Waals surface area contributed by atoms with Crippen molar-refractivity contribution in [2.75, 3.05) is 0 Å². The lowest BCUT2D eigenvalue weighted by atomic mass is 10.1. The first-order chi connectivity index (χ1) is 7.09. The molecule has 1 aromatic rings. The average molecular weight is 336 g/mol. The molecule has 0 aliphatic rings. The molecule has 0 aliphatic carbocycles. The summed E-state index contributed by atoms with van der Waals surface area (Å²) in [5.41, 5.74) is 1.23. The van der Waals surface area contributed by atoms with Gasteiger partial charge in [-0.25, -0.2) is 0 Å². The Bertz CT molecular complexity index is 339. The van der Waals surface area contributed by atoms with Gasteiger partial charge < -0.3 is 5.11 Å². The van der Waals surface area contributed by atoms with Gasteiger partial charge in [-0.05, 0) is 37.0 Å². The second-order valence-electron chi connectivity index (χ2n) is 3.33. The van der Waals surface area contributed by atoms with Gasteiger partial charge >= 0.3 is 5.97 Å². The average Bonchev–Trinajstić information content (AvgIpc) is 2.17. The minimum atomic E-state index is -0.788. The second kappa shape index (κ2) is 6.28. The SMILES string of the molecule is O=C(O)C(Br)CCCc1cccc(Br)c1. The maximum Gasteiger partial charge on any atom is 0.317 e. The first-order valence-corrected chi connectivity index (χ1v) is 6.42. The lowest BCUT2D eigenvalue weighted by Gasteiger charge is -2.04. The van der Waals surface area contributed by atoms with E-state index in [-0.39, 0.29) is 0 Å². The van der Waals surface area contributed by atoms with Crippen LogP contribution in [0.1, 0.15) is 18.4 Å². The first-order valence-electron chi connectivity index (χ1n) is 4.71. The monoisotopic (exact) mass is 334 g/mol. The molecule has 1 unspecified atom stereocenters. The Morgan fingerprint density at radius 3 is 2.80 bits per heavy atom. The van der Waals surface area contributed by atoms with Gasteiger partial charge in [0.2, 0.25) is 0 Å². The molecule has 0 saturated heterocycles. The number of rotatable bonds is 5. The van der Waals surface area contributed by atoms with Crippen molar-refractivity contribution in [3.63, 3.8) is 0 Å². The molecule has 1 N–H and O–H groups in total. The molecule has 0 bridgehead atoms. The number of carboxylic acids is 1. The highest BCUT2D eigenvalue weighted by Gasteiger charge is 2.11. The highest BCUT2D eigenvalue weighted by molar-refractivity contribution is 9.10. The molecule has 1 aromatic carbocycles. The molecule has 0 aliphatic heterocycles. The van der Waals surface area contributed by atoms with E-state index in [0.717, 1.165) is 17.3 Å². The number of hydrogen-bond acceptors (Lipinski definition) is 1. The van der Waals surface area contributed by atoms with E-state index in [1.54, 1.807) is 0 Å². The van der Waals surface area contributed by atoms with Crippen LogP contribution in [0.5, 0.6) is 0 Å². The normalized spacial score (nSPS) is 12.4. The molecule has 82 valence electrons. The second-order valence-corrected chi connectivity index (χ2v) is 5.35. The molecule has 0 saturated carbocycles. The fraction of sp³-hybridized carbons (Fsp3) is 0.364. The molecule has 0 fully saturated rings. The predicted molar refractivity (Wildman–Crippen MR) is 67.4 cm³/mol. The number of aliphatic carboxylic acids is 1. The molecule has 0 heterocycles. The summed E-state index contributed by atoms with van der Waals surface area (Å²) in [4.78, 5) is 10.1. The fourth-order valence-corrected chi connectivity index (χ4v) is 2.07. The van der Waals surface area contributed by atoms with Gasteiger partial charge in [-0.15, -0.1) is 0 Å². The van der Waals surface area contributed by atoms with Crippen LogP contribution in [-0.2, 0) is 11.2 Å². The van der Waals surface area contributed by atoms with Gasteiger partial charge in [0.05, 0.1) is 0 Å². The first kappa shape index (κ1) is 12.7. The molecular weight excluding hydrogens is 324 g/mol. The standard InChI is InChI=1S/C11H12Br2O2/c12-9-5-1-3-8(7-9)4-2-6-10(13)11(14)15/h1,3,5,7,10H,2,4,6H2,(H,14,15). The molecule has 0 amide bonds. The van der Waals surface area contributed by atoms with Crippen LogP contribution in [0, 0.1) is 0 Å². The number of alkyl halides is 1. The van der Waals surface area contributed by atoms with E-state index in [2.05, 4.69) is 44.0 Å². The van der Waals surface area contributed by atoms with Crippen LogP contribution in [-0.4, -0.2) is 15.9 Å². The van der Waals surface area contributed by atoms with Crippen molar-refractivity contribution in [1.29, 1.82) is 0 Å². The zero-order chi connectivity index (χ0) is 11.3. The summed E-state index contributed by atoms with van der Waals surface area (Å²) in [6.45, 7) is 0. The van der Waals surface area contributed by atoms with E-state index in [1.807, 2.05) is 12.1 Å². The third kappa shape index (κ3) is 4.80. The molecule has 0 spiro atoms. The Morgan fingerprint density at radius 2 is 2.20 bits per heavy atom. The van der Waals surface area contributed by atoms with Crippen molar-refractivity contribution in [3.05, 3.63) is 34.3 Å². The molecule has 2 nitrogen and oxygen atoms in total. The number of aryl methyl sites for hydroxylation is 1. The van der Waals surface area contributed by atoms with Gasteiger partial charge in [0, 0.05) is 4.47 Å². The number of carbonyl (C=O) groups is 1. The zero-order valence-electron chi connectivity index (χ0n) is 8.12. The molecule has 1 atom stereocenters. The minimum Gasteiger partial charge on any atom is -0.480 e. The highest BCUT2D eigenvalue weighted by atomic mass is 79.9. The third-order valence-electron chi connectivity index (χ3n) is 2.08. The number of halogens is 2. The summed E-state index contributed by atoms with van der Waals surface area (Å²) in [6, 6.07) is 8.08. The Morgan fingerprint density at radius 1 is 1.47 bits per heavy atom. The van der Waals surface area contributed by atoms with Crippen LogP contribution >= 0.6 is 31.9 Å². The van der Waals surface area contributed by atoms with E-state index in [9.17, 15) is 4.79 Å². The fourth-order valence-electron chi connectivity index (χ4n) is 1.30. The molecule has 1 rings (SSSR count). The number of benzene rings is 1. The Kier molecular flexibility index (Phi) is 5.32. The summed E-state index contributed by atoms with van der Waals surface area (Å²) < 4.78 is 1.06. The lowest BCUT2D eigenvalue weighted by Crippen LogP contribution is -2.12. The summed E-state index contributed by atoms with van der Waals surface area (Å²) >= 11 is 6.52. The van der Waals surface area contributed by atoms with Crippen LogP contribution in [0.2, 0.25) is 0 Å². The minimum absolute atomic E-state index is 0.426. The largest absolute Gasteiger partial charge is 0.480 e. The van der Waals surface area contributed by atoms with E-state index in [1.165, 1.54) is 5.56 Å². The Balaban J connectivity index is 2.35. The van der Waals surface area contributed by atoms with Crippen LogP contribution in [0.25, 0.3) is 0 Å². The van der Waals surface area contributed by atoms with Gasteiger partial charge in [-0.2, -0.15) is 0 Å². The topological polar surface area (TPSA) is 37.3 Å². The highest BCUT2D eigenvalue weighted by Crippen LogP contribution is 2.15. The summed E-state index contributed by atoms with van der Waals surface area (Å²) in [6.07, 6.45) is 2.44. The Hall–Kier alpha value is -0.350. The third-order valence-corrected chi connectivity index (χ3v) is 3.42. The van der Waals surface area contributed by atoms with Gasteiger partial charge in [-0.1, -0.05) is 44.0 Å². The van der Waals surface area contributed by atoms with Gasteiger partial charge in [0.1, 0.15) is 4.83 Å². The summed E-state index contributed by atoms with van der Waals surface area (Å²) in [5, 5.41) is 8.67. The van der Waals surface area contributed by atoms with Crippen molar-refractivity contribution in [2.45, 2.75) is 24.1 Å². The smallest absolute Gasteiger partial charge is 0.317 e. The number of carboxylic acid groups (broad SMARTS) is 1. The van der Waals surface area contributed by atoms with Crippen LogP contribution in [0.4, 0.5) is 0 Å². The molecule has 4 heteroatoms. The van der Waals surface area contributed by atoms with Crippen LogP contribution < -0.4 is 0 Å². The zero-order valence-corrected chi connectivity index (χ0v) is 11.3. The number of hydrogen-bond donors (Lipinski definition) is 1. The molecular formula is C11H12Br2O2. The van der Waals surface area contributed by atoms with Gasteiger partial charge in [0.15, 0.2) is 0 Å². The van der Waals surface area contributed by atoms with E-state index >= 15 is 0 Å².